The zero-order valence-corrected chi connectivity index (χ0v) is 9.02. The van der Waals surface area contributed by atoms with Crippen LogP contribution in [0.25, 0.3) is 0 Å². The number of carbonyl (C=O) groups excluding carboxylic acids is 1. The van der Waals surface area contributed by atoms with Crippen molar-refractivity contribution in [1.82, 2.24) is 0 Å². The fraction of sp³-hybridized carbons (Fsp3) is 0.417. The SMILES string of the molecule is NC(CC(=O)Nc1cccc(O)c1)C1CC1. The van der Waals surface area contributed by atoms with Gasteiger partial charge < -0.3 is 16.2 Å². The van der Waals surface area contributed by atoms with E-state index in [1.54, 1.807) is 18.2 Å². The Morgan fingerprint density at radius 2 is 2.31 bits per heavy atom. The van der Waals surface area contributed by atoms with Crippen molar-refractivity contribution in [3.05, 3.63) is 24.3 Å². The largest absolute Gasteiger partial charge is 0.508 e. The highest BCUT2D eigenvalue weighted by atomic mass is 16.3. The van der Waals surface area contributed by atoms with Gasteiger partial charge in [0.15, 0.2) is 0 Å². The lowest BCUT2D eigenvalue weighted by Gasteiger charge is -2.10. The molecule has 0 spiro atoms. The highest BCUT2D eigenvalue weighted by Crippen LogP contribution is 2.32. The van der Waals surface area contributed by atoms with E-state index in [0.29, 0.717) is 18.0 Å². The standard InChI is InChI=1S/C12H16N2O2/c13-11(8-4-5-8)7-12(16)14-9-2-1-3-10(15)6-9/h1-3,6,8,11,15H,4-5,7,13H2,(H,14,16). The number of aromatic hydroxyl groups is 1. The Kier molecular flexibility index (Phi) is 3.10. The molecule has 1 aliphatic carbocycles. The van der Waals surface area contributed by atoms with E-state index >= 15 is 0 Å². The number of phenolic OH excluding ortho intramolecular Hbond substituents is 1. The van der Waals surface area contributed by atoms with Gasteiger partial charge in [-0.2, -0.15) is 0 Å². The van der Waals surface area contributed by atoms with Crippen molar-refractivity contribution in [3.63, 3.8) is 0 Å². The smallest absolute Gasteiger partial charge is 0.225 e. The highest BCUT2D eigenvalue weighted by Gasteiger charge is 2.29. The Hall–Kier alpha value is -1.55. The first-order valence-electron chi connectivity index (χ1n) is 5.49. The first kappa shape index (κ1) is 11.0. The third-order valence-electron chi connectivity index (χ3n) is 2.78. The molecule has 16 heavy (non-hydrogen) atoms. The van der Waals surface area contributed by atoms with Gasteiger partial charge >= 0.3 is 0 Å². The number of phenols is 1. The lowest BCUT2D eigenvalue weighted by atomic mass is 10.1. The van der Waals surface area contributed by atoms with Crippen LogP contribution in [0.4, 0.5) is 5.69 Å². The molecule has 86 valence electrons. The molecule has 1 amide bonds. The van der Waals surface area contributed by atoms with Crippen LogP contribution in [0, 0.1) is 5.92 Å². The van der Waals surface area contributed by atoms with Crippen LogP contribution in [-0.4, -0.2) is 17.1 Å². The summed E-state index contributed by atoms with van der Waals surface area (Å²) in [5, 5.41) is 11.9. The average Bonchev–Trinajstić information content (AvgIpc) is 2.99. The third-order valence-corrected chi connectivity index (χ3v) is 2.78. The van der Waals surface area contributed by atoms with Crippen LogP contribution in [0.2, 0.25) is 0 Å². The van der Waals surface area contributed by atoms with Crippen LogP contribution >= 0.6 is 0 Å². The highest BCUT2D eigenvalue weighted by molar-refractivity contribution is 5.91. The van der Waals surface area contributed by atoms with Crippen molar-refractivity contribution in [2.45, 2.75) is 25.3 Å². The number of hydrogen-bond acceptors (Lipinski definition) is 3. The first-order valence-corrected chi connectivity index (χ1v) is 5.49. The molecule has 1 aromatic rings. The number of benzene rings is 1. The van der Waals surface area contributed by atoms with E-state index in [1.807, 2.05) is 0 Å². The van der Waals surface area contributed by atoms with Crippen molar-refractivity contribution in [2.24, 2.45) is 11.7 Å². The summed E-state index contributed by atoms with van der Waals surface area (Å²) < 4.78 is 0. The van der Waals surface area contributed by atoms with Crippen molar-refractivity contribution in [1.29, 1.82) is 0 Å². The number of amides is 1. The number of hydrogen-bond donors (Lipinski definition) is 3. The Bertz CT molecular complexity index is 388. The predicted octanol–water partition coefficient (Wildman–Crippen LogP) is 1.46. The maximum Gasteiger partial charge on any atom is 0.225 e. The first-order chi connectivity index (χ1) is 7.65. The molecule has 1 aliphatic rings. The normalized spacial score (nSPS) is 16.8. The van der Waals surface area contributed by atoms with Crippen LogP contribution in [-0.2, 0) is 4.79 Å². The van der Waals surface area contributed by atoms with Gasteiger partial charge in [-0.1, -0.05) is 6.07 Å². The maximum atomic E-state index is 11.6. The lowest BCUT2D eigenvalue weighted by Crippen LogP contribution is -2.28. The molecule has 4 heteroatoms. The number of nitrogens with one attached hydrogen (secondary N) is 1. The summed E-state index contributed by atoms with van der Waals surface area (Å²) in [5.74, 6) is 0.573. The molecule has 1 saturated carbocycles. The summed E-state index contributed by atoms with van der Waals surface area (Å²) in [7, 11) is 0. The lowest BCUT2D eigenvalue weighted by molar-refractivity contribution is -0.116. The average molecular weight is 220 g/mol. The van der Waals surface area contributed by atoms with Crippen LogP contribution in [0.5, 0.6) is 5.75 Å². The van der Waals surface area contributed by atoms with Crippen molar-refractivity contribution in [2.75, 3.05) is 5.32 Å². The Morgan fingerprint density at radius 1 is 1.56 bits per heavy atom. The number of rotatable bonds is 4. The molecule has 0 aromatic heterocycles. The number of nitrogens with two attached hydrogens (primary N) is 1. The summed E-state index contributed by atoms with van der Waals surface area (Å²) in [6.07, 6.45) is 2.63. The molecule has 1 fully saturated rings. The van der Waals surface area contributed by atoms with Crippen LogP contribution in [0.3, 0.4) is 0 Å². The minimum atomic E-state index is -0.0926. The Labute approximate surface area is 94.5 Å². The molecular weight excluding hydrogens is 204 g/mol. The van der Waals surface area contributed by atoms with Gasteiger partial charge in [0, 0.05) is 24.2 Å². The quantitative estimate of drug-likeness (QED) is 0.719. The fourth-order valence-corrected chi connectivity index (χ4v) is 1.70. The van der Waals surface area contributed by atoms with Gasteiger partial charge in [-0.3, -0.25) is 4.79 Å². The molecule has 1 atom stereocenters. The molecule has 1 unspecified atom stereocenters. The van der Waals surface area contributed by atoms with E-state index in [2.05, 4.69) is 5.32 Å². The second-order valence-electron chi connectivity index (χ2n) is 4.30. The van der Waals surface area contributed by atoms with Gasteiger partial charge in [0.1, 0.15) is 5.75 Å². The molecule has 2 rings (SSSR count). The molecule has 0 aliphatic heterocycles. The third kappa shape index (κ3) is 2.97. The molecule has 1 aromatic carbocycles. The Morgan fingerprint density at radius 3 is 2.94 bits per heavy atom. The van der Waals surface area contributed by atoms with E-state index in [4.69, 9.17) is 5.73 Å². The zero-order chi connectivity index (χ0) is 11.5. The Balaban J connectivity index is 1.86. The minimum Gasteiger partial charge on any atom is -0.508 e. The van der Waals surface area contributed by atoms with Gasteiger partial charge in [-0.25, -0.2) is 0 Å². The molecule has 4 nitrogen and oxygen atoms in total. The number of anilines is 1. The van der Waals surface area contributed by atoms with E-state index in [1.165, 1.54) is 6.07 Å². The van der Waals surface area contributed by atoms with Crippen LogP contribution in [0.1, 0.15) is 19.3 Å². The van der Waals surface area contributed by atoms with Gasteiger partial charge in [-0.15, -0.1) is 0 Å². The second-order valence-corrected chi connectivity index (χ2v) is 4.30. The van der Waals surface area contributed by atoms with Crippen molar-refractivity contribution < 1.29 is 9.90 Å². The summed E-state index contributed by atoms with van der Waals surface area (Å²) in [4.78, 5) is 11.6. The summed E-state index contributed by atoms with van der Waals surface area (Å²) >= 11 is 0. The van der Waals surface area contributed by atoms with E-state index in [-0.39, 0.29) is 17.7 Å². The van der Waals surface area contributed by atoms with Crippen molar-refractivity contribution >= 4 is 11.6 Å². The molecule has 0 bridgehead atoms. The van der Waals surface area contributed by atoms with Crippen LogP contribution < -0.4 is 11.1 Å². The number of carbonyl (C=O) groups is 1. The van der Waals surface area contributed by atoms with E-state index in [0.717, 1.165) is 12.8 Å². The summed E-state index contributed by atoms with van der Waals surface area (Å²) in [5.41, 5.74) is 6.46. The molecule has 0 radical (unpaired) electrons. The predicted molar refractivity (Wildman–Crippen MR) is 62.1 cm³/mol. The zero-order valence-electron chi connectivity index (χ0n) is 9.02. The minimum absolute atomic E-state index is 0.0303. The molecular formula is C12H16N2O2. The van der Waals surface area contributed by atoms with Gasteiger partial charge in [-0.05, 0) is 30.9 Å². The topological polar surface area (TPSA) is 75.4 Å². The van der Waals surface area contributed by atoms with Crippen LogP contribution in [0.15, 0.2) is 24.3 Å². The van der Waals surface area contributed by atoms with E-state index in [9.17, 15) is 9.90 Å². The van der Waals surface area contributed by atoms with Gasteiger partial charge in [0.2, 0.25) is 5.91 Å². The monoisotopic (exact) mass is 220 g/mol. The fourth-order valence-electron chi connectivity index (χ4n) is 1.70. The molecule has 0 saturated heterocycles. The van der Waals surface area contributed by atoms with E-state index < -0.39 is 0 Å². The summed E-state index contributed by atoms with van der Waals surface area (Å²) in [6, 6.07) is 6.47. The molecule has 0 heterocycles. The summed E-state index contributed by atoms with van der Waals surface area (Å²) in [6.45, 7) is 0. The van der Waals surface area contributed by atoms with Gasteiger partial charge in [0.25, 0.3) is 0 Å². The van der Waals surface area contributed by atoms with Gasteiger partial charge in [0.05, 0.1) is 0 Å². The molecule has 4 N–H and O–H groups in total. The maximum absolute atomic E-state index is 11.6. The second kappa shape index (κ2) is 4.53. The van der Waals surface area contributed by atoms with Crippen molar-refractivity contribution in [3.8, 4) is 5.75 Å².